The molecule has 6 heteroatoms. The lowest BCUT2D eigenvalue weighted by atomic mass is 9.84. The van der Waals surface area contributed by atoms with Crippen molar-refractivity contribution in [3.8, 4) is 0 Å². The Labute approximate surface area is 241 Å². The van der Waals surface area contributed by atoms with Crippen LogP contribution < -0.4 is 0 Å². The number of rotatable bonds is 26. The molecule has 0 aliphatic heterocycles. The molecule has 0 radical (unpaired) electrons. The molecule has 1 aliphatic rings. The number of carbonyl (C=O) groups is 2. The molecule has 0 bridgehead atoms. The summed E-state index contributed by atoms with van der Waals surface area (Å²) < 4.78 is 11.1. The summed E-state index contributed by atoms with van der Waals surface area (Å²) in [4.78, 5) is 26.4. The summed E-state index contributed by atoms with van der Waals surface area (Å²) >= 11 is 0. The van der Waals surface area contributed by atoms with E-state index in [0.29, 0.717) is 26.0 Å². The molecule has 1 N–H and O–H groups in total. The summed E-state index contributed by atoms with van der Waals surface area (Å²) in [5.41, 5.74) is 0. The third-order valence-electron chi connectivity index (χ3n) is 8.20. The largest absolute Gasteiger partial charge is 0.466 e. The summed E-state index contributed by atoms with van der Waals surface area (Å²) in [6.07, 6.45) is 24.0. The van der Waals surface area contributed by atoms with Crippen LogP contribution in [0.15, 0.2) is 0 Å². The van der Waals surface area contributed by atoms with E-state index < -0.39 is 0 Å². The molecule has 1 aliphatic carbocycles. The van der Waals surface area contributed by atoms with Gasteiger partial charge < -0.3 is 19.5 Å². The molecule has 0 spiro atoms. The highest BCUT2D eigenvalue weighted by molar-refractivity contribution is 5.69. The Kier molecular flexibility index (Phi) is 23.7. The van der Waals surface area contributed by atoms with E-state index in [1.807, 2.05) is 0 Å². The molecule has 230 valence electrons. The molecule has 0 amide bonds. The third kappa shape index (κ3) is 21.3. The van der Waals surface area contributed by atoms with Crippen LogP contribution in [0, 0.1) is 5.92 Å². The second-order valence-electron chi connectivity index (χ2n) is 11.8. The van der Waals surface area contributed by atoms with Gasteiger partial charge in [0.2, 0.25) is 0 Å². The first-order valence-electron chi connectivity index (χ1n) is 16.8. The highest BCUT2D eigenvalue weighted by atomic mass is 16.5. The van der Waals surface area contributed by atoms with Crippen LogP contribution in [-0.2, 0) is 19.1 Å². The van der Waals surface area contributed by atoms with E-state index in [4.69, 9.17) is 9.47 Å². The molecule has 0 saturated heterocycles. The number of aliphatic hydroxyl groups excluding tert-OH is 1. The van der Waals surface area contributed by atoms with E-state index in [1.54, 1.807) is 0 Å². The topological polar surface area (TPSA) is 76.1 Å². The lowest BCUT2D eigenvalue weighted by Gasteiger charge is -2.28. The monoisotopic (exact) mass is 553 g/mol. The van der Waals surface area contributed by atoms with Crippen molar-refractivity contribution in [1.82, 2.24) is 4.90 Å². The Bertz CT molecular complexity index is 576. The fraction of sp³-hybridized carbons (Fsp3) is 0.939. The van der Waals surface area contributed by atoms with Gasteiger partial charge in [-0.25, -0.2) is 0 Å². The second-order valence-corrected chi connectivity index (χ2v) is 11.8. The Morgan fingerprint density at radius 2 is 1.23 bits per heavy atom. The zero-order valence-electron chi connectivity index (χ0n) is 25.8. The van der Waals surface area contributed by atoms with E-state index in [2.05, 4.69) is 18.7 Å². The van der Waals surface area contributed by atoms with Crippen molar-refractivity contribution in [1.29, 1.82) is 0 Å². The number of nitrogens with zero attached hydrogens (tertiary/aromatic N) is 1. The molecule has 0 aromatic rings. The second kappa shape index (κ2) is 25.8. The molecule has 0 atom stereocenters. The number of unbranched alkanes of at least 4 members (excludes halogenated alkanes) is 11. The number of hydrogen-bond acceptors (Lipinski definition) is 6. The lowest BCUT2D eigenvalue weighted by Crippen LogP contribution is -2.29. The Morgan fingerprint density at radius 1 is 0.667 bits per heavy atom. The summed E-state index contributed by atoms with van der Waals surface area (Å²) in [6, 6.07) is 0. The maximum absolute atomic E-state index is 12.3. The first-order chi connectivity index (χ1) is 19.1. The van der Waals surface area contributed by atoms with Gasteiger partial charge in [-0.1, -0.05) is 84.5 Å². The van der Waals surface area contributed by atoms with Crippen molar-refractivity contribution < 1.29 is 24.2 Å². The van der Waals surface area contributed by atoms with Crippen molar-refractivity contribution in [2.45, 2.75) is 161 Å². The average molecular weight is 554 g/mol. The third-order valence-corrected chi connectivity index (χ3v) is 8.20. The molecule has 39 heavy (non-hydrogen) atoms. The minimum Gasteiger partial charge on any atom is -0.466 e. The Balaban J connectivity index is 1.99. The van der Waals surface area contributed by atoms with Gasteiger partial charge in [0, 0.05) is 19.4 Å². The van der Waals surface area contributed by atoms with E-state index >= 15 is 0 Å². The van der Waals surface area contributed by atoms with Gasteiger partial charge in [-0.3, -0.25) is 9.59 Å². The zero-order chi connectivity index (χ0) is 28.4. The van der Waals surface area contributed by atoms with Gasteiger partial charge in [0.25, 0.3) is 0 Å². The van der Waals surface area contributed by atoms with E-state index in [1.165, 1.54) is 51.4 Å². The predicted octanol–water partition coefficient (Wildman–Crippen LogP) is 7.99. The number of esters is 2. The quantitative estimate of drug-likeness (QED) is 0.0864. The summed E-state index contributed by atoms with van der Waals surface area (Å²) in [5.74, 6) is 0.778. The Hall–Kier alpha value is -1.14. The normalized spacial score (nSPS) is 17.4. The highest BCUT2D eigenvalue weighted by Crippen LogP contribution is 2.30. The van der Waals surface area contributed by atoms with Crippen LogP contribution in [0.25, 0.3) is 0 Å². The highest BCUT2D eigenvalue weighted by Gasteiger charge is 2.23. The number of carbonyl (C=O) groups excluding carboxylic acids is 2. The van der Waals surface area contributed by atoms with Crippen LogP contribution in [-0.4, -0.2) is 60.9 Å². The van der Waals surface area contributed by atoms with Crippen molar-refractivity contribution in [3.63, 3.8) is 0 Å². The minimum absolute atomic E-state index is 0.0168. The molecular formula is C33H63NO5. The molecule has 0 aromatic carbocycles. The number of ether oxygens (including phenoxy) is 2. The van der Waals surface area contributed by atoms with Crippen molar-refractivity contribution in [2.75, 3.05) is 32.8 Å². The van der Waals surface area contributed by atoms with Crippen LogP contribution in [0.4, 0.5) is 0 Å². The fourth-order valence-electron chi connectivity index (χ4n) is 5.65. The molecule has 0 aromatic heterocycles. The number of hydrogen-bond donors (Lipinski definition) is 1. The molecule has 0 heterocycles. The van der Waals surface area contributed by atoms with E-state index in [-0.39, 0.29) is 24.6 Å². The molecule has 1 rings (SSSR count). The van der Waals surface area contributed by atoms with Crippen molar-refractivity contribution in [2.24, 2.45) is 5.92 Å². The Morgan fingerprint density at radius 3 is 1.90 bits per heavy atom. The maximum atomic E-state index is 12.3. The van der Waals surface area contributed by atoms with Crippen LogP contribution >= 0.6 is 0 Å². The average Bonchev–Trinajstić information content (AvgIpc) is 2.93. The van der Waals surface area contributed by atoms with Gasteiger partial charge in [0.15, 0.2) is 0 Å². The van der Waals surface area contributed by atoms with Gasteiger partial charge in [-0.2, -0.15) is 0 Å². The SMILES string of the molecule is CCCCCCOC(=O)CCCCCCCN(CCO)CCCCCC(=O)OC1CCC(CCCCC)CC1. The van der Waals surface area contributed by atoms with E-state index in [0.717, 1.165) is 96.1 Å². The summed E-state index contributed by atoms with van der Waals surface area (Å²) in [6.45, 7) is 7.89. The summed E-state index contributed by atoms with van der Waals surface area (Å²) in [5, 5.41) is 9.42. The van der Waals surface area contributed by atoms with Gasteiger partial charge in [-0.15, -0.1) is 0 Å². The van der Waals surface area contributed by atoms with Crippen LogP contribution in [0.2, 0.25) is 0 Å². The molecule has 6 nitrogen and oxygen atoms in total. The molecule has 1 saturated carbocycles. The zero-order valence-corrected chi connectivity index (χ0v) is 25.8. The first kappa shape index (κ1) is 35.9. The van der Waals surface area contributed by atoms with Crippen LogP contribution in [0.5, 0.6) is 0 Å². The smallest absolute Gasteiger partial charge is 0.306 e. The van der Waals surface area contributed by atoms with Gasteiger partial charge in [0.05, 0.1) is 13.2 Å². The van der Waals surface area contributed by atoms with Gasteiger partial charge in [-0.05, 0) is 76.8 Å². The van der Waals surface area contributed by atoms with Crippen LogP contribution in [0.3, 0.4) is 0 Å². The molecular weight excluding hydrogens is 490 g/mol. The predicted molar refractivity (Wildman–Crippen MR) is 161 cm³/mol. The number of aliphatic hydroxyl groups is 1. The van der Waals surface area contributed by atoms with Crippen LogP contribution in [0.1, 0.15) is 155 Å². The van der Waals surface area contributed by atoms with Crippen molar-refractivity contribution >= 4 is 11.9 Å². The van der Waals surface area contributed by atoms with Crippen molar-refractivity contribution in [3.05, 3.63) is 0 Å². The molecule has 0 unspecified atom stereocenters. The summed E-state index contributed by atoms with van der Waals surface area (Å²) in [7, 11) is 0. The molecule has 1 fully saturated rings. The lowest BCUT2D eigenvalue weighted by molar-refractivity contribution is -0.151. The maximum Gasteiger partial charge on any atom is 0.306 e. The minimum atomic E-state index is -0.0471. The van der Waals surface area contributed by atoms with Gasteiger partial charge >= 0.3 is 11.9 Å². The van der Waals surface area contributed by atoms with E-state index in [9.17, 15) is 14.7 Å². The first-order valence-corrected chi connectivity index (χ1v) is 16.8. The fourth-order valence-corrected chi connectivity index (χ4v) is 5.65. The standard InChI is InChI=1S/C33H63NO5/c1-3-5-7-17-29-38-32(36)19-13-9-8-10-15-25-34(27-28-35)26-16-11-14-20-33(37)39-31-23-21-30(22-24-31)18-12-6-4-2/h30-31,35H,3-29H2,1-2H3. The van der Waals surface area contributed by atoms with Gasteiger partial charge in [0.1, 0.15) is 6.10 Å².